The molecule has 0 aliphatic carbocycles. The van der Waals surface area contributed by atoms with Crippen LogP contribution in [0.4, 0.5) is 4.39 Å². The average Bonchev–Trinajstić information content (AvgIpc) is 2.47. The molecule has 1 atom stereocenters. The SMILES string of the molecule is CCNCC(Cc1cc(Br)ccc1F)c1cccc(C)c1. The summed E-state index contributed by atoms with van der Waals surface area (Å²) >= 11 is 3.42. The van der Waals surface area contributed by atoms with Gasteiger partial charge in [-0.15, -0.1) is 0 Å². The van der Waals surface area contributed by atoms with Crippen molar-refractivity contribution in [2.75, 3.05) is 13.1 Å². The molecule has 0 amide bonds. The van der Waals surface area contributed by atoms with Gasteiger partial charge in [-0.2, -0.15) is 0 Å². The third-order valence-corrected chi connectivity index (χ3v) is 4.12. The molecule has 0 saturated carbocycles. The molecule has 1 nitrogen and oxygen atoms in total. The molecule has 0 heterocycles. The molecule has 0 aliphatic rings. The Kier molecular flexibility index (Phi) is 5.95. The average molecular weight is 350 g/mol. The van der Waals surface area contributed by atoms with E-state index < -0.39 is 0 Å². The lowest BCUT2D eigenvalue weighted by Crippen LogP contribution is -2.23. The Morgan fingerprint density at radius 3 is 2.71 bits per heavy atom. The molecule has 112 valence electrons. The Hall–Kier alpha value is -1.19. The van der Waals surface area contributed by atoms with E-state index in [0.29, 0.717) is 6.42 Å². The van der Waals surface area contributed by atoms with Crippen LogP contribution in [0.1, 0.15) is 29.5 Å². The van der Waals surface area contributed by atoms with E-state index in [4.69, 9.17) is 0 Å². The Morgan fingerprint density at radius 1 is 1.19 bits per heavy atom. The fourth-order valence-electron chi connectivity index (χ4n) is 2.52. The third kappa shape index (κ3) is 4.65. The van der Waals surface area contributed by atoms with Gasteiger partial charge in [0.2, 0.25) is 0 Å². The highest BCUT2D eigenvalue weighted by Crippen LogP contribution is 2.25. The van der Waals surface area contributed by atoms with E-state index in [2.05, 4.69) is 59.4 Å². The van der Waals surface area contributed by atoms with Gasteiger partial charge in [-0.3, -0.25) is 0 Å². The van der Waals surface area contributed by atoms with Crippen molar-refractivity contribution in [2.24, 2.45) is 0 Å². The first-order valence-corrected chi connectivity index (χ1v) is 8.10. The van der Waals surface area contributed by atoms with Crippen LogP contribution in [0, 0.1) is 12.7 Å². The summed E-state index contributed by atoms with van der Waals surface area (Å²) in [5, 5.41) is 3.39. The topological polar surface area (TPSA) is 12.0 Å². The maximum Gasteiger partial charge on any atom is 0.126 e. The normalized spacial score (nSPS) is 12.4. The van der Waals surface area contributed by atoms with Crippen LogP contribution in [-0.2, 0) is 6.42 Å². The highest BCUT2D eigenvalue weighted by atomic mass is 79.9. The zero-order valence-corrected chi connectivity index (χ0v) is 14.1. The molecule has 0 spiro atoms. The largest absolute Gasteiger partial charge is 0.316 e. The van der Waals surface area contributed by atoms with Crippen molar-refractivity contribution in [3.63, 3.8) is 0 Å². The van der Waals surface area contributed by atoms with Crippen LogP contribution in [0.15, 0.2) is 46.9 Å². The number of hydrogen-bond donors (Lipinski definition) is 1. The lowest BCUT2D eigenvalue weighted by Gasteiger charge is -2.19. The molecular weight excluding hydrogens is 329 g/mol. The quantitative estimate of drug-likeness (QED) is 0.787. The van der Waals surface area contributed by atoms with Gasteiger partial charge in [0.15, 0.2) is 0 Å². The van der Waals surface area contributed by atoms with E-state index in [1.165, 1.54) is 17.2 Å². The number of rotatable bonds is 6. The number of halogens is 2. The summed E-state index contributed by atoms with van der Waals surface area (Å²) in [5.41, 5.74) is 3.26. The molecule has 0 radical (unpaired) electrons. The summed E-state index contributed by atoms with van der Waals surface area (Å²) < 4.78 is 14.9. The van der Waals surface area contributed by atoms with Crippen molar-refractivity contribution in [1.29, 1.82) is 0 Å². The van der Waals surface area contributed by atoms with Crippen molar-refractivity contribution in [3.05, 3.63) is 69.4 Å². The fourth-order valence-corrected chi connectivity index (χ4v) is 2.92. The Labute approximate surface area is 134 Å². The van der Waals surface area contributed by atoms with Gasteiger partial charge in [-0.1, -0.05) is 52.7 Å². The number of likely N-dealkylation sites (N-methyl/N-ethyl adjacent to an activating group) is 1. The Balaban J connectivity index is 2.25. The van der Waals surface area contributed by atoms with Crippen molar-refractivity contribution >= 4 is 15.9 Å². The van der Waals surface area contributed by atoms with E-state index >= 15 is 0 Å². The monoisotopic (exact) mass is 349 g/mol. The molecule has 3 heteroatoms. The smallest absolute Gasteiger partial charge is 0.126 e. The lowest BCUT2D eigenvalue weighted by molar-refractivity contribution is 0.562. The second-order valence-corrected chi connectivity index (χ2v) is 6.27. The lowest BCUT2D eigenvalue weighted by atomic mass is 9.91. The minimum atomic E-state index is -0.132. The number of benzene rings is 2. The summed E-state index contributed by atoms with van der Waals surface area (Å²) in [7, 11) is 0. The molecular formula is C18H21BrFN. The van der Waals surface area contributed by atoms with Crippen molar-refractivity contribution in [1.82, 2.24) is 5.32 Å². The summed E-state index contributed by atoms with van der Waals surface area (Å²) in [6, 6.07) is 13.6. The number of nitrogens with one attached hydrogen (secondary N) is 1. The first-order valence-electron chi connectivity index (χ1n) is 7.31. The van der Waals surface area contributed by atoms with Crippen LogP contribution in [0.5, 0.6) is 0 Å². The molecule has 2 aromatic carbocycles. The van der Waals surface area contributed by atoms with Crippen LogP contribution < -0.4 is 5.32 Å². The van der Waals surface area contributed by atoms with Crippen LogP contribution in [0.25, 0.3) is 0 Å². The number of hydrogen-bond acceptors (Lipinski definition) is 1. The summed E-state index contributed by atoms with van der Waals surface area (Å²) in [5.74, 6) is 0.140. The summed E-state index contributed by atoms with van der Waals surface area (Å²) in [6.07, 6.45) is 0.696. The Morgan fingerprint density at radius 2 is 2.00 bits per heavy atom. The molecule has 0 bridgehead atoms. The van der Waals surface area contributed by atoms with Crippen molar-refractivity contribution in [3.8, 4) is 0 Å². The minimum Gasteiger partial charge on any atom is -0.316 e. The van der Waals surface area contributed by atoms with E-state index in [9.17, 15) is 4.39 Å². The molecule has 0 fully saturated rings. The van der Waals surface area contributed by atoms with Crippen LogP contribution >= 0.6 is 15.9 Å². The molecule has 0 saturated heterocycles. The van der Waals surface area contributed by atoms with E-state index in [1.807, 2.05) is 6.07 Å². The van der Waals surface area contributed by atoms with Gasteiger partial charge in [0.25, 0.3) is 0 Å². The van der Waals surface area contributed by atoms with Gasteiger partial charge < -0.3 is 5.32 Å². The minimum absolute atomic E-state index is 0.132. The first kappa shape index (κ1) is 16.2. The van der Waals surface area contributed by atoms with Gasteiger partial charge in [0.1, 0.15) is 5.82 Å². The van der Waals surface area contributed by atoms with Gasteiger partial charge in [0, 0.05) is 16.9 Å². The second-order valence-electron chi connectivity index (χ2n) is 5.36. The zero-order chi connectivity index (χ0) is 15.2. The number of aryl methyl sites for hydroxylation is 1. The van der Waals surface area contributed by atoms with Gasteiger partial charge in [0.05, 0.1) is 0 Å². The van der Waals surface area contributed by atoms with Crippen LogP contribution in [0.3, 0.4) is 0 Å². The van der Waals surface area contributed by atoms with E-state index in [-0.39, 0.29) is 11.7 Å². The third-order valence-electron chi connectivity index (χ3n) is 3.63. The fraction of sp³-hybridized carbons (Fsp3) is 0.333. The maximum absolute atomic E-state index is 14.0. The maximum atomic E-state index is 14.0. The summed E-state index contributed by atoms with van der Waals surface area (Å²) in [6.45, 7) is 5.95. The predicted molar refractivity (Wildman–Crippen MR) is 90.3 cm³/mol. The highest BCUT2D eigenvalue weighted by Gasteiger charge is 2.15. The van der Waals surface area contributed by atoms with E-state index in [1.54, 1.807) is 6.07 Å². The standard InChI is InChI=1S/C18H21BrFN/c1-3-21-12-16(14-6-4-5-13(2)9-14)10-15-11-17(19)7-8-18(15)20/h4-9,11,16,21H,3,10,12H2,1-2H3. The first-order chi connectivity index (χ1) is 10.1. The van der Waals surface area contributed by atoms with Crippen LogP contribution in [0.2, 0.25) is 0 Å². The molecule has 21 heavy (non-hydrogen) atoms. The Bertz CT molecular complexity index is 598. The zero-order valence-electron chi connectivity index (χ0n) is 12.5. The van der Waals surface area contributed by atoms with Crippen LogP contribution in [-0.4, -0.2) is 13.1 Å². The summed E-state index contributed by atoms with van der Waals surface area (Å²) in [4.78, 5) is 0. The van der Waals surface area contributed by atoms with Gasteiger partial charge in [-0.05, 0) is 49.2 Å². The predicted octanol–water partition coefficient (Wildman–Crippen LogP) is 4.83. The van der Waals surface area contributed by atoms with Crippen molar-refractivity contribution in [2.45, 2.75) is 26.2 Å². The molecule has 1 N–H and O–H groups in total. The molecule has 0 aliphatic heterocycles. The second kappa shape index (κ2) is 7.71. The van der Waals surface area contributed by atoms with Gasteiger partial charge >= 0.3 is 0 Å². The molecule has 2 aromatic rings. The molecule has 1 unspecified atom stereocenters. The van der Waals surface area contributed by atoms with Crippen molar-refractivity contribution < 1.29 is 4.39 Å². The molecule has 2 rings (SSSR count). The highest BCUT2D eigenvalue weighted by molar-refractivity contribution is 9.10. The van der Waals surface area contributed by atoms with E-state index in [0.717, 1.165) is 23.1 Å². The van der Waals surface area contributed by atoms with Gasteiger partial charge in [-0.25, -0.2) is 4.39 Å². The molecule has 0 aromatic heterocycles.